The van der Waals surface area contributed by atoms with E-state index in [4.69, 9.17) is 0 Å². The van der Waals surface area contributed by atoms with Gasteiger partial charge >= 0.3 is 0 Å². The topological polar surface area (TPSA) is 74.8 Å². The third-order valence-electron chi connectivity index (χ3n) is 2.37. The molecular formula is C11H12FN3O2S. The largest absolute Gasteiger partial charge is 0.375 e. The average Bonchev–Trinajstić information content (AvgIpc) is 2.79. The number of nitrogens with zero attached hydrogens (tertiary/aromatic N) is 1. The second-order valence-electron chi connectivity index (χ2n) is 3.80. The number of nitrogens with one attached hydrogen (secondary N) is 2. The lowest BCUT2D eigenvalue weighted by Gasteiger charge is -2.07. The molecule has 2 aromatic rings. The molecule has 7 heteroatoms. The summed E-state index contributed by atoms with van der Waals surface area (Å²) in [5, 5.41) is 2.79. The second kappa shape index (κ2) is 4.77. The normalized spacial score (nSPS) is 11.4. The Bertz CT molecular complexity index is 638. The number of sulfone groups is 1. The standard InChI is InChI=1S/C11H12FN3O2S/c1-18(16,17)8-2-3-9(12)10(6-8)15-7-11-13-4-5-14-11/h2-6,15H,7H2,1H3,(H,13,14). The van der Waals surface area contributed by atoms with Crippen molar-refractivity contribution >= 4 is 15.5 Å². The molecule has 0 saturated carbocycles. The van der Waals surface area contributed by atoms with Gasteiger partial charge in [-0.05, 0) is 18.2 Å². The molecule has 18 heavy (non-hydrogen) atoms. The van der Waals surface area contributed by atoms with Crippen molar-refractivity contribution in [3.05, 3.63) is 42.2 Å². The van der Waals surface area contributed by atoms with Gasteiger partial charge < -0.3 is 10.3 Å². The Kier molecular flexibility index (Phi) is 3.33. The monoisotopic (exact) mass is 269 g/mol. The van der Waals surface area contributed by atoms with Crippen LogP contribution >= 0.6 is 0 Å². The van der Waals surface area contributed by atoms with Crippen molar-refractivity contribution in [2.45, 2.75) is 11.4 Å². The van der Waals surface area contributed by atoms with Crippen LogP contribution in [0, 0.1) is 5.82 Å². The molecule has 2 N–H and O–H groups in total. The van der Waals surface area contributed by atoms with E-state index in [1.807, 2.05) is 0 Å². The van der Waals surface area contributed by atoms with Crippen LogP contribution in [-0.4, -0.2) is 24.6 Å². The summed E-state index contributed by atoms with van der Waals surface area (Å²) < 4.78 is 36.2. The number of imidazole rings is 1. The van der Waals surface area contributed by atoms with Gasteiger partial charge in [0.15, 0.2) is 9.84 Å². The molecule has 0 aliphatic carbocycles. The van der Waals surface area contributed by atoms with Crippen LogP contribution < -0.4 is 5.32 Å². The Morgan fingerprint density at radius 1 is 1.44 bits per heavy atom. The lowest BCUT2D eigenvalue weighted by molar-refractivity contribution is 0.600. The van der Waals surface area contributed by atoms with Crippen molar-refractivity contribution in [2.75, 3.05) is 11.6 Å². The first-order valence-electron chi connectivity index (χ1n) is 5.18. The molecule has 0 radical (unpaired) electrons. The van der Waals surface area contributed by atoms with Crippen LogP contribution in [0.5, 0.6) is 0 Å². The SMILES string of the molecule is CS(=O)(=O)c1ccc(F)c(NCc2ncc[nH]2)c1. The second-order valence-corrected chi connectivity index (χ2v) is 5.82. The predicted octanol–water partition coefficient (Wildman–Crippen LogP) is 1.56. The van der Waals surface area contributed by atoms with Crippen LogP contribution in [0.2, 0.25) is 0 Å². The zero-order valence-corrected chi connectivity index (χ0v) is 10.5. The summed E-state index contributed by atoms with van der Waals surface area (Å²) in [7, 11) is -3.34. The molecule has 0 saturated heterocycles. The highest BCUT2D eigenvalue weighted by atomic mass is 32.2. The quantitative estimate of drug-likeness (QED) is 0.826. The lowest BCUT2D eigenvalue weighted by atomic mass is 10.3. The molecule has 5 nitrogen and oxygen atoms in total. The first kappa shape index (κ1) is 12.6. The molecule has 0 fully saturated rings. The maximum atomic E-state index is 13.5. The third kappa shape index (κ3) is 2.86. The van der Waals surface area contributed by atoms with E-state index in [1.165, 1.54) is 12.1 Å². The average molecular weight is 269 g/mol. The Labute approximate surface area is 104 Å². The van der Waals surface area contributed by atoms with Gasteiger partial charge in [0.1, 0.15) is 11.6 Å². The Morgan fingerprint density at radius 2 is 2.22 bits per heavy atom. The highest BCUT2D eigenvalue weighted by Gasteiger charge is 2.11. The van der Waals surface area contributed by atoms with Gasteiger partial charge in [0.2, 0.25) is 0 Å². The molecule has 0 aliphatic heterocycles. The number of hydrogen-bond donors (Lipinski definition) is 2. The van der Waals surface area contributed by atoms with E-state index in [1.54, 1.807) is 12.4 Å². The Hall–Kier alpha value is -1.89. The fourth-order valence-electron chi connectivity index (χ4n) is 1.44. The molecule has 1 heterocycles. The number of aromatic nitrogens is 2. The molecule has 0 bridgehead atoms. The van der Waals surface area contributed by atoms with Crippen LogP contribution in [0.3, 0.4) is 0 Å². The zero-order chi connectivity index (χ0) is 13.2. The molecule has 0 spiro atoms. The molecule has 0 atom stereocenters. The summed E-state index contributed by atoms with van der Waals surface area (Å²) in [5.74, 6) is 0.133. The molecule has 0 amide bonds. The van der Waals surface area contributed by atoms with Gasteiger partial charge in [0, 0.05) is 18.6 Å². The van der Waals surface area contributed by atoms with Crippen LogP contribution in [0.4, 0.5) is 10.1 Å². The van der Waals surface area contributed by atoms with E-state index in [0.717, 1.165) is 12.3 Å². The molecular weight excluding hydrogens is 257 g/mol. The molecule has 0 unspecified atom stereocenters. The number of aromatic amines is 1. The van der Waals surface area contributed by atoms with E-state index < -0.39 is 15.7 Å². The van der Waals surface area contributed by atoms with E-state index in [-0.39, 0.29) is 17.1 Å². The lowest BCUT2D eigenvalue weighted by Crippen LogP contribution is -2.05. The number of H-pyrrole nitrogens is 1. The Morgan fingerprint density at radius 3 is 2.83 bits per heavy atom. The number of anilines is 1. The van der Waals surface area contributed by atoms with E-state index in [0.29, 0.717) is 5.82 Å². The number of halogens is 1. The van der Waals surface area contributed by atoms with Gasteiger partial charge in [-0.1, -0.05) is 0 Å². The fourth-order valence-corrected chi connectivity index (χ4v) is 2.09. The van der Waals surface area contributed by atoms with Crippen LogP contribution in [-0.2, 0) is 16.4 Å². The maximum absolute atomic E-state index is 13.5. The third-order valence-corrected chi connectivity index (χ3v) is 3.48. The van der Waals surface area contributed by atoms with Crippen molar-refractivity contribution in [3.8, 4) is 0 Å². The maximum Gasteiger partial charge on any atom is 0.175 e. The number of hydrogen-bond acceptors (Lipinski definition) is 4. The Balaban J connectivity index is 2.22. The van der Waals surface area contributed by atoms with Gasteiger partial charge in [-0.3, -0.25) is 0 Å². The van der Waals surface area contributed by atoms with Crippen LogP contribution in [0.25, 0.3) is 0 Å². The van der Waals surface area contributed by atoms with Gasteiger partial charge in [-0.2, -0.15) is 0 Å². The van der Waals surface area contributed by atoms with Gasteiger partial charge in [-0.25, -0.2) is 17.8 Å². The molecule has 1 aromatic heterocycles. The van der Waals surface area contributed by atoms with Crippen molar-refractivity contribution in [2.24, 2.45) is 0 Å². The van der Waals surface area contributed by atoms with E-state index in [2.05, 4.69) is 15.3 Å². The predicted molar refractivity (Wildman–Crippen MR) is 65.4 cm³/mol. The van der Waals surface area contributed by atoms with Gasteiger partial charge in [0.25, 0.3) is 0 Å². The van der Waals surface area contributed by atoms with Crippen molar-refractivity contribution < 1.29 is 12.8 Å². The molecule has 2 rings (SSSR count). The van der Waals surface area contributed by atoms with Crippen LogP contribution in [0.15, 0.2) is 35.5 Å². The van der Waals surface area contributed by atoms with Crippen molar-refractivity contribution in [3.63, 3.8) is 0 Å². The summed E-state index contributed by atoms with van der Waals surface area (Å²) in [5.41, 5.74) is 0.134. The summed E-state index contributed by atoms with van der Waals surface area (Å²) >= 11 is 0. The highest BCUT2D eigenvalue weighted by molar-refractivity contribution is 7.90. The van der Waals surface area contributed by atoms with E-state index in [9.17, 15) is 12.8 Å². The fraction of sp³-hybridized carbons (Fsp3) is 0.182. The summed E-state index contributed by atoms with van der Waals surface area (Å²) in [6, 6.07) is 3.64. The van der Waals surface area contributed by atoms with Crippen LogP contribution in [0.1, 0.15) is 5.82 Å². The van der Waals surface area contributed by atoms with Gasteiger partial charge in [0.05, 0.1) is 17.1 Å². The highest BCUT2D eigenvalue weighted by Crippen LogP contribution is 2.19. The molecule has 0 aliphatic rings. The van der Waals surface area contributed by atoms with Crippen molar-refractivity contribution in [1.29, 1.82) is 0 Å². The first-order chi connectivity index (χ1) is 8.47. The minimum atomic E-state index is -3.34. The number of benzene rings is 1. The minimum absolute atomic E-state index is 0.0749. The molecule has 1 aromatic carbocycles. The van der Waals surface area contributed by atoms with Gasteiger partial charge in [-0.15, -0.1) is 0 Å². The molecule has 96 valence electrons. The summed E-state index contributed by atoms with van der Waals surface area (Å²) in [6.45, 7) is 0.289. The first-order valence-corrected chi connectivity index (χ1v) is 7.08. The minimum Gasteiger partial charge on any atom is -0.375 e. The van der Waals surface area contributed by atoms with Crippen molar-refractivity contribution in [1.82, 2.24) is 9.97 Å². The zero-order valence-electron chi connectivity index (χ0n) is 9.64. The summed E-state index contributed by atoms with van der Waals surface area (Å²) in [4.78, 5) is 6.91. The smallest absolute Gasteiger partial charge is 0.175 e. The number of rotatable bonds is 4. The summed E-state index contributed by atoms with van der Waals surface area (Å²) in [6.07, 6.45) is 4.32. The van der Waals surface area contributed by atoms with E-state index >= 15 is 0 Å².